The Bertz CT molecular complexity index is 1470. The van der Waals surface area contributed by atoms with Crippen LogP contribution in [0.2, 0.25) is 0 Å². The SMILES string of the molecule is COc1ccc(C2C3=C(CC(C)(C)CC3=O)Nc3ccccc3N2CC(=O)N2CCN(Cc3ccccc3)CC2)cc1. The Hall–Kier alpha value is -4.10. The quantitative estimate of drug-likeness (QED) is 0.417. The number of para-hydroxylation sites is 2. The van der Waals surface area contributed by atoms with Gasteiger partial charge in [-0.05, 0) is 47.2 Å². The molecule has 3 aliphatic rings. The lowest BCUT2D eigenvalue weighted by Crippen LogP contribution is -2.51. The van der Waals surface area contributed by atoms with Crippen LogP contribution >= 0.6 is 0 Å². The highest BCUT2D eigenvalue weighted by Crippen LogP contribution is 2.48. The van der Waals surface area contributed by atoms with Crippen LogP contribution in [0.5, 0.6) is 5.75 Å². The first-order chi connectivity index (χ1) is 20.3. The molecule has 1 aliphatic carbocycles. The molecule has 42 heavy (non-hydrogen) atoms. The minimum Gasteiger partial charge on any atom is -0.497 e. The predicted molar refractivity (Wildman–Crippen MR) is 166 cm³/mol. The molecule has 1 N–H and O–H groups in total. The average molecular weight is 565 g/mol. The largest absolute Gasteiger partial charge is 0.497 e. The number of Topliss-reactive ketones (excluding diaryl/α,β-unsaturated/α-hetero) is 1. The summed E-state index contributed by atoms with van der Waals surface area (Å²) in [5.74, 6) is 0.969. The van der Waals surface area contributed by atoms with Crippen LogP contribution in [0.4, 0.5) is 11.4 Å². The van der Waals surface area contributed by atoms with Gasteiger partial charge in [0.05, 0.1) is 31.1 Å². The minimum atomic E-state index is -0.394. The molecule has 3 aromatic rings. The Labute approximate surface area is 248 Å². The molecular weight excluding hydrogens is 524 g/mol. The van der Waals surface area contributed by atoms with Gasteiger partial charge in [-0.3, -0.25) is 14.5 Å². The molecule has 2 heterocycles. The molecule has 0 aromatic heterocycles. The Balaban J connectivity index is 1.32. The summed E-state index contributed by atoms with van der Waals surface area (Å²) >= 11 is 0. The van der Waals surface area contributed by atoms with Crippen LogP contribution in [0, 0.1) is 5.41 Å². The molecule has 0 saturated carbocycles. The molecule has 0 spiro atoms. The summed E-state index contributed by atoms with van der Waals surface area (Å²) < 4.78 is 5.44. The van der Waals surface area contributed by atoms with Crippen molar-refractivity contribution < 1.29 is 14.3 Å². The van der Waals surface area contributed by atoms with E-state index in [1.54, 1.807) is 7.11 Å². The number of ether oxygens (including phenoxy) is 1. The maximum atomic E-state index is 14.0. The number of benzene rings is 3. The van der Waals surface area contributed by atoms with Crippen LogP contribution in [0.3, 0.4) is 0 Å². The molecule has 1 saturated heterocycles. The molecular formula is C35H40N4O3. The van der Waals surface area contributed by atoms with Crippen LogP contribution in [-0.2, 0) is 16.1 Å². The van der Waals surface area contributed by atoms with E-state index < -0.39 is 6.04 Å². The third-order valence-electron chi connectivity index (χ3n) is 8.72. The van der Waals surface area contributed by atoms with Gasteiger partial charge in [0.15, 0.2) is 5.78 Å². The van der Waals surface area contributed by atoms with E-state index in [4.69, 9.17) is 4.74 Å². The van der Waals surface area contributed by atoms with E-state index in [1.807, 2.05) is 53.4 Å². The monoisotopic (exact) mass is 564 g/mol. The maximum Gasteiger partial charge on any atom is 0.242 e. The Morgan fingerprint density at radius 2 is 1.60 bits per heavy atom. The van der Waals surface area contributed by atoms with Crippen molar-refractivity contribution in [1.29, 1.82) is 0 Å². The normalized spacial score (nSPS) is 20.4. The molecule has 1 atom stereocenters. The van der Waals surface area contributed by atoms with E-state index >= 15 is 0 Å². The summed E-state index contributed by atoms with van der Waals surface area (Å²) in [6.45, 7) is 8.42. The third kappa shape index (κ3) is 5.79. The lowest BCUT2D eigenvalue weighted by atomic mass is 9.73. The fourth-order valence-electron chi connectivity index (χ4n) is 6.60. The molecule has 1 amide bonds. The topological polar surface area (TPSA) is 65.1 Å². The maximum absolute atomic E-state index is 14.0. The number of rotatable bonds is 6. The van der Waals surface area contributed by atoms with E-state index in [2.05, 4.69) is 59.3 Å². The summed E-state index contributed by atoms with van der Waals surface area (Å²) in [4.78, 5) is 34.5. The molecule has 3 aromatic carbocycles. The fourth-order valence-corrected chi connectivity index (χ4v) is 6.60. The fraction of sp³-hybridized carbons (Fsp3) is 0.371. The highest BCUT2D eigenvalue weighted by Gasteiger charge is 2.42. The second-order valence-corrected chi connectivity index (χ2v) is 12.4. The lowest BCUT2D eigenvalue weighted by molar-refractivity contribution is -0.131. The number of hydrogen-bond acceptors (Lipinski definition) is 6. The molecule has 7 heteroatoms. The van der Waals surface area contributed by atoms with Crippen LogP contribution in [-0.4, -0.2) is 61.3 Å². The van der Waals surface area contributed by atoms with E-state index in [-0.39, 0.29) is 23.7 Å². The Morgan fingerprint density at radius 3 is 2.31 bits per heavy atom. The molecule has 6 rings (SSSR count). The zero-order valence-corrected chi connectivity index (χ0v) is 24.8. The van der Waals surface area contributed by atoms with Gasteiger partial charge >= 0.3 is 0 Å². The highest BCUT2D eigenvalue weighted by molar-refractivity contribution is 6.02. The summed E-state index contributed by atoms with van der Waals surface area (Å²) in [7, 11) is 1.65. The minimum absolute atomic E-state index is 0.0790. The van der Waals surface area contributed by atoms with Crippen molar-refractivity contribution in [2.75, 3.05) is 50.1 Å². The van der Waals surface area contributed by atoms with Crippen molar-refractivity contribution in [2.24, 2.45) is 5.41 Å². The standard InChI is InChI=1S/C35H40N4O3/c1-35(2)21-29-33(31(40)22-35)34(26-13-15-27(42-3)16-14-26)39(30-12-8-7-11-28(30)36-29)24-32(41)38-19-17-37(18-20-38)23-25-9-5-4-6-10-25/h4-16,34,36H,17-24H2,1-3H3. The summed E-state index contributed by atoms with van der Waals surface area (Å²) in [5.41, 5.74) is 5.67. The first kappa shape index (κ1) is 28.0. The number of carbonyl (C=O) groups excluding carboxylic acids is 2. The van der Waals surface area contributed by atoms with Crippen LogP contribution in [0.25, 0.3) is 0 Å². The van der Waals surface area contributed by atoms with Crippen LogP contribution in [0.1, 0.15) is 43.9 Å². The second-order valence-electron chi connectivity index (χ2n) is 12.4. The average Bonchev–Trinajstić information content (AvgIpc) is 3.12. The van der Waals surface area contributed by atoms with E-state index in [0.717, 1.165) is 60.0 Å². The first-order valence-electron chi connectivity index (χ1n) is 14.9. The number of allylic oxidation sites excluding steroid dienone is 1. The molecule has 2 aliphatic heterocycles. The summed E-state index contributed by atoms with van der Waals surface area (Å²) in [6, 6.07) is 26.1. The van der Waals surface area contributed by atoms with Crippen molar-refractivity contribution in [3.8, 4) is 5.75 Å². The number of nitrogens with zero attached hydrogens (tertiary/aromatic N) is 3. The van der Waals surface area contributed by atoms with Gasteiger partial charge in [-0.15, -0.1) is 0 Å². The summed E-state index contributed by atoms with van der Waals surface area (Å²) in [5, 5.41) is 3.64. The smallest absolute Gasteiger partial charge is 0.242 e. The van der Waals surface area contributed by atoms with Gasteiger partial charge in [-0.2, -0.15) is 0 Å². The zero-order chi connectivity index (χ0) is 29.3. The number of nitrogens with one attached hydrogen (secondary N) is 1. The molecule has 0 radical (unpaired) electrons. The van der Waals surface area contributed by atoms with Crippen molar-refractivity contribution in [2.45, 2.75) is 39.3 Å². The van der Waals surface area contributed by atoms with Crippen molar-refractivity contribution in [1.82, 2.24) is 9.80 Å². The van der Waals surface area contributed by atoms with Crippen molar-refractivity contribution >= 4 is 23.1 Å². The molecule has 7 nitrogen and oxygen atoms in total. The molecule has 1 unspecified atom stereocenters. The van der Waals surface area contributed by atoms with E-state index in [9.17, 15) is 9.59 Å². The summed E-state index contributed by atoms with van der Waals surface area (Å²) in [6.07, 6.45) is 1.24. The van der Waals surface area contributed by atoms with E-state index in [1.165, 1.54) is 5.56 Å². The van der Waals surface area contributed by atoms with Gasteiger partial charge in [-0.25, -0.2) is 0 Å². The number of fused-ring (bicyclic) bond motifs is 1. The van der Waals surface area contributed by atoms with Gasteiger partial charge in [-0.1, -0.05) is 68.4 Å². The third-order valence-corrected chi connectivity index (χ3v) is 8.72. The Kier molecular flexibility index (Phi) is 7.78. The molecule has 0 bridgehead atoms. The van der Waals surface area contributed by atoms with Crippen molar-refractivity contribution in [3.63, 3.8) is 0 Å². The number of anilines is 2. The predicted octanol–water partition coefficient (Wildman–Crippen LogP) is 5.66. The zero-order valence-electron chi connectivity index (χ0n) is 24.8. The lowest BCUT2D eigenvalue weighted by Gasteiger charge is -2.40. The number of ketones is 1. The number of hydrogen-bond donors (Lipinski definition) is 1. The van der Waals surface area contributed by atoms with Gasteiger partial charge in [0.2, 0.25) is 5.91 Å². The second kappa shape index (κ2) is 11.6. The van der Waals surface area contributed by atoms with Crippen LogP contribution in [0.15, 0.2) is 90.1 Å². The van der Waals surface area contributed by atoms with Crippen molar-refractivity contribution in [3.05, 3.63) is 101 Å². The number of piperazine rings is 1. The number of amides is 1. The van der Waals surface area contributed by atoms with E-state index in [0.29, 0.717) is 19.5 Å². The highest BCUT2D eigenvalue weighted by atomic mass is 16.5. The number of methoxy groups -OCH3 is 1. The molecule has 1 fully saturated rings. The first-order valence-corrected chi connectivity index (χ1v) is 14.9. The van der Waals surface area contributed by atoms with Crippen LogP contribution < -0.4 is 15.0 Å². The van der Waals surface area contributed by atoms with Gasteiger partial charge in [0, 0.05) is 50.4 Å². The Morgan fingerprint density at radius 1 is 0.905 bits per heavy atom. The molecule has 218 valence electrons. The van der Waals surface area contributed by atoms with Gasteiger partial charge in [0.1, 0.15) is 5.75 Å². The van der Waals surface area contributed by atoms with Gasteiger partial charge in [0.25, 0.3) is 0 Å². The van der Waals surface area contributed by atoms with Gasteiger partial charge < -0.3 is 19.9 Å². The number of carbonyl (C=O) groups is 2.